The highest BCUT2D eigenvalue weighted by Crippen LogP contribution is 2.19. The van der Waals surface area contributed by atoms with Gasteiger partial charge in [0.15, 0.2) is 0 Å². The molecule has 0 atom stereocenters. The Morgan fingerprint density at radius 3 is 2.80 bits per heavy atom. The summed E-state index contributed by atoms with van der Waals surface area (Å²) in [6.45, 7) is 3.57. The number of nitrogens with zero attached hydrogens (tertiary/aromatic N) is 2. The van der Waals surface area contributed by atoms with Crippen LogP contribution >= 0.6 is 23.4 Å². The van der Waals surface area contributed by atoms with Gasteiger partial charge < -0.3 is 4.74 Å². The van der Waals surface area contributed by atoms with Gasteiger partial charge in [-0.3, -0.25) is 0 Å². The number of esters is 1. The van der Waals surface area contributed by atoms with Gasteiger partial charge in [-0.25, -0.2) is 14.8 Å². The highest BCUT2D eigenvalue weighted by molar-refractivity contribution is 7.98. The minimum absolute atomic E-state index is 0.125. The van der Waals surface area contributed by atoms with Gasteiger partial charge in [0.05, 0.1) is 6.10 Å². The maximum Gasteiger partial charge on any atom is 0.342 e. The second-order valence-electron chi connectivity index (χ2n) is 3.02. The SMILES string of the molecule is CSc1nc(Cl)ncc1C(=O)OC(C)C. The van der Waals surface area contributed by atoms with Crippen molar-refractivity contribution in [2.45, 2.75) is 25.0 Å². The Bertz CT molecular complexity index is 371. The molecule has 6 heteroatoms. The molecule has 0 aliphatic rings. The molecule has 0 saturated heterocycles. The average Bonchev–Trinajstić information content (AvgIpc) is 2.16. The maximum absolute atomic E-state index is 11.6. The Kier molecular flexibility index (Phi) is 4.35. The fourth-order valence-corrected chi connectivity index (χ4v) is 1.64. The van der Waals surface area contributed by atoms with Crippen molar-refractivity contribution in [3.8, 4) is 0 Å². The lowest BCUT2D eigenvalue weighted by atomic mass is 10.3. The van der Waals surface area contributed by atoms with Crippen molar-refractivity contribution in [1.82, 2.24) is 9.97 Å². The number of hydrogen-bond donors (Lipinski definition) is 0. The summed E-state index contributed by atoms with van der Waals surface area (Å²) >= 11 is 6.95. The third-order valence-corrected chi connectivity index (χ3v) is 2.36. The van der Waals surface area contributed by atoms with Gasteiger partial charge in [-0.05, 0) is 31.7 Å². The number of rotatable bonds is 3. The van der Waals surface area contributed by atoms with E-state index in [0.717, 1.165) is 0 Å². The van der Waals surface area contributed by atoms with E-state index in [1.54, 1.807) is 13.8 Å². The van der Waals surface area contributed by atoms with Gasteiger partial charge in [0.2, 0.25) is 5.28 Å². The molecule has 82 valence electrons. The molecule has 0 aliphatic carbocycles. The standard InChI is InChI=1S/C9H11ClN2O2S/c1-5(2)14-8(13)6-4-11-9(10)12-7(6)15-3/h4-5H,1-3H3. The molecule has 0 spiro atoms. The second kappa shape index (κ2) is 5.32. The molecule has 0 fully saturated rings. The molecule has 0 unspecified atom stereocenters. The number of halogens is 1. The van der Waals surface area contributed by atoms with Crippen molar-refractivity contribution in [2.75, 3.05) is 6.26 Å². The summed E-state index contributed by atoms with van der Waals surface area (Å²) in [5, 5.41) is 0.654. The lowest BCUT2D eigenvalue weighted by molar-refractivity contribution is 0.0372. The van der Waals surface area contributed by atoms with Crippen LogP contribution in [-0.4, -0.2) is 28.3 Å². The predicted molar refractivity (Wildman–Crippen MR) is 59.4 cm³/mol. The monoisotopic (exact) mass is 246 g/mol. The zero-order chi connectivity index (χ0) is 11.4. The van der Waals surface area contributed by atoms with E-state index in [2.05, 4.69) is 9.97 Å². The minimum atomic E-state index is -0.425. The van der Waals surface area contributed by atoms with Crippen molar-refractivity contribution in [3.63, 3.8) is 0 Å². The van der Waals surface area contributed by atoms with E-state index in [1.165, 1.54) is 18.0 Å². The Morgan fingerprint density at radius 2 is 2.27 bits per heavy atom. The molecule has 0 radical (unpaired) electrons. The minimum Gasteiger partial charge on any atom is -0.459 e. The summed E-state index contributed by atoms with van der Waals surface area (Å²) in [6.07, 6.45) is 3.03. The molecule has 0 saturated carbocycles. The highest BCUT2D eigenvalue weighted by Gasteiger charge is 2.16. The normalized spacial score (nSPS) is 10.5. The third kappa shape index (κ3) is 3.35. The fourth-order valence-electron chi connectivity index (χ4n) is 0.919. The third-order valence-electron chi connectivity index (χ3n) is 1.48. The summed E-state index contributed by atoms with van der Waals surface area (Å²) in [4.78, 5) is 19.3. The maximum atomic E-state index is 11.6. The first-order valence-corrected chi connectivity index (χ1v) is 5.92. The Hall–Kier alpha value is -0.810. The molecule has 0 bridgehead atoms. The van der Waals surface area contributed by atoms with Crippen LogP contribution in [0.5, 0.6) is 0 Å². The Balaban J connectivity index is 2.97. The first-order chi connectivity index (χ1) is 7.04. The molecular formula is C9H11ClN2O2S. The van der Waals surface area contributed by atoms with Gasteiger partial charge in [-0.1, -0.05) is 0 Å². The highest BCUT2D eigenvalue weighted by atomic mass is 35.5. The van der Waals surface area contributed by atoms with Crippen LogP contribution in [0.2, 0.25) is 5.28 Å². The second-order valence-corrected chi connectivity index (χ2v) is 4.15. The quantitative estimate of drug-likeness (QED) is 0.355. The Labute approximate surface area is 97.4 Å². The predicted octanol–water partition coefficient (Wildman–Crippen LogP) is 2.42. The molecule has 0 amide bonds. The van der Waals surface area contributed by atoms with E-state index in [1.807, 2.05) is 6.26 Å². The first kappa shape index (κ1) is 12.3. The van der Waals surface area contributed by atoms with E-state index in [9.17, 15) is 4.79 Å². The van der Waals surface area contributed by atoms with Crippen molar-refractivity contribution in [2.24, 2.45) is 0 Å². The largest absolute Gasteiger partial charge is 0.459 e. The van der Waals surface area contributed by atoms with Crippen LogP contribution in [0.15, 0.2) is 11.2 Å². The zero-order valence-corrected chi connectivity index (χ0v) is 10.2. The van der Waals surface area contributed by atoms with E-state index in [4.69, 9.17) is 16.3 Å². The van der Waals surface area contributed by atoms with Crippen molar-refractivity contribution in [3.05, 3.63) is 17.0 Å². The number of carbonyl (C=O) groups excluding carboxylic acids is 1. The number of carbonyl (C=O) groups is 1. The fraction of sp³-hybridized carbons (Fsp3) is 0.444. The van der Waals surface area contributed by atoms with E-state index in [0.29, 0.717) is 10.6 Å². The average molecular weight is 247 g/mol. The van der Waals surface area contributed by atoms with Gasteiger partial charge >= 0.3 is 5.97 Å². The molecule has 4 nitrogen and oxygen atoms in total. The van der Waals surface area contributed by atoms with E-state index >= 15 is 0 Å². The number of thioether (sulfide) groups is 1. The van der Waals surface area contributed by atoms with E-state index < -0.39 is 5.97 Å². The number of ether oxygens (including phenoxy) is 1. The van der Waals surface area contributed by atoms with Crippen LogP contribution in [0.3, 0.4) is 0 Å². The molecule has 0 aliphatic heterocycles. The molecule has 1 aromatic rings. The smallest absolute Gasteiger partial charge is 0.342 e. The summed E-state index contributed by atoms with van der Waals surface area (Å²) in [5.41, 5.74) is 0.348. The van der Waals surface area contributed by atoms with Crippen molar-refractivity contribution < 1.29 is 9.53 Å². The van der Waals surface area contributed by atoms with Crippen LogP contribution in [0.1, 0.15) is 24.2 Å². The van der Waals surface area contributed by atoms with Gasteiger partial charge in [0.25, 0.3) is 0 Å². The van der Waals surface area contributed by atoms with Gasteiger partial charge in [0.1, 0.15) is 10.6 Å². The molecule has 1 rings (SSSR count). The van der Waals surface area contributed by atoms with Crippen LogP contribution in [-0.2, 0) is 4.74 Å². The molecule has 1 aromatic heterocycles. The first-order valence-electron chi connectivity index (χ1n) is 4.32. The van der Waals surface area contributed by atoms with E-state index in [-0.39, 0.29) is 11.4 Å². The van der Waals surface area contributed by atoms with Gasteiger partial charge in [-0.15, -0.1) is 11.8 Å². The molecule has 0 aromatic carbocycles. The van der Waals surface area contributed by atoms with Crippen LogP contribution < -0.4 is 0 Å². The van der Waals surface area contributed by atoms with Gasteiger partial charge in [-0.2, -0.15) is 0 Å². The van der Waals surface area contributed by atoms with Crippen molar-refractivity contribution in [1.29, 1.82) is 0 Å². The topological polar surface area (TPSA) is 52.1 Å². The summed E-state index contributed by atoms with van der Waals surface area (Å²) in [5.74, 6) is -0.425. The van der Waals surface area contributed by atoms with Crippen LogP contribution in [0.25, 0.3) is 0 Å². The molecular weight excluding hydrogens is 236 g/mol. The Morgan fingerprint density at radius 1 is 1.60 bits per heavy atom. The summed E-state index contributed by atoms with van der Waals surface area (Å²) in [6, 6.07) is 0. The summed E-state index contributed by atoms with van der Waals surface area (Å²) < 4.78 is 5.04. The van der Waals surface area contributed by atoms with Crippen LogP contribution in [0, 0.1) is 0 Å². The molecule has 15 heavy (non-hydrogen) atoms. The lowest BCUT2D eigenvalue weighted by Gasteiger charge is -2.09. The summed E-state index contributed by atoms with van der Waals surface area (Å²) in [7, 11) is 0. The number of hydrogen-bond acceptors (Lipinski definition) is 5. The molecule has 0 N–H and O–H groups in total. The van der Waals surface area contributed by atoms with Crippen molar-refractivity contribution >= 4 is 29.3 Å². The number of aromatic nitrogens is 2. The zero-order valence-electron chi connectivity index (χ0n) is 8.65. The van der Waals surface area contributed by atoms with Crippen LogP contribution in [0.4, 0.5) is 0 Å². The molecule has 1 heterocycles. The lowest BCUT2D eigenvalue weighted by Crippen LogP contribution is -2.13. The van der Waals surface area contributed by atoms with Gasteiger partial charge in [0, 0.05) is 6.20 Å².